The molecule has 1 aromatic rings. The van der Waals surface area contributed by atoms with E-state index in [-0.39, 0.29) is 11.1 Å². The normalized spacial score (nSPS) is 11.4. The maximum atomic E-state index is 12.1. The third-order valence-corrected chi connectivity index (χ3v) is 3.10. The molecule has 0 fully saturated rings. The summed E-state index contributed by atoms with van der Waals surface area (Å²) in [5, 5.41) is 17.4. The first-order valence-corrected chi connectivity index (χ1v) is 7.47. The molecule has 0 atom stereocenters. The number of hydrogen-bond donors (Lipinski definition) is 2. The molecule has 0 saturated heterocycles. The molecule has 0 spiro atoms. The van der Waals surface area contributed by atoms with Gasteiger partial charge in [0, 0.05) is 23.3 Å². The van der Waals surface area contributed by atoms with Crippen molar-refractivity contribution in [1.29, 1.82) is 0 Å². The second-order valence-electron chi connectivity index (χ2n) is 5.23. The molecule has 0 aliphatic rings. The first-order chi connectivity index (χ1) is 13.0. The summed E-state index contributed by atoms with van der Waals surface area (Å²) in [6.45, 7) is 2.22. The Bertz CT molecular complexity index is 845. The van der Waals surface area contributed by atoms with Gasteiger partial charge < -0.3 is 19.7 Å². The van der Waals surface area contributed by atoms with Crippen LogP contribution in [-0.4, -0.2) is 46.0 Å². The third kappa shape index (κ3) is 6.33. The molecule has 0 aromatic heterocycles. The van der Waals surface area contributed by atoms with E-state index < -0.39 is 46.9 Å². The monoisotopic (exact) mass is 390 g/mol. The number of carboxylic acids is 2. The van der Waals surface area contributed by atoms with Crippen molar-refractivity contribution < 1.29 is 48.5 Å². The quantitative estimate of drug-likeness (QED) is 0.409. The number of benzene rings is 1. The van der Waals surface area contributed by atoms with E-state index in [9.17, 15) is 28.8 Å². The minimum Gasteiger partial charge on any atom is -0.478 e. The molecular formula is C18H14O10. The molecule has 2 N–H and O–H groups in total. The van der Waals surface area contributed by atoms with Crippen LogP contribution in [0.4, 0.5) is 0 Å². The van der Waals surface area contributed by atoms with Crippen LogP contribution in [0.3, 0.4) is 0 Å². The molecule has 0 aliphatic heterocycles. The minimum absolute atomic E-state index is 0.378. The number of carboxylic acid groups (broad SMARTS) is 2. The van der Waals surface area contributed by atoms with Gasteiger partial charge in [-0.2, -0.15) is 0 Å². The van der Waals surface area contributed by atoms with Gasteiger partial charge in [0.25, 0.3) is 0 Å². The van der Waals surface area contributed by atoms with Crippen LogP contribution in [-0.2, 0) is 28.7 Å². The Morgan fingerprint density at radius 2 is 1.04 bits per heavy atom. The minimum atomic E-state index is -1.39. The Balaban J connectivity index is 3.01. The van der Waals surface area contributed by atoms with Gasteiger partial charge in [-0.15, -0.1) is 0 Å². The van der Waals surface area contributed by atoms with Crippen LogP contribution >= 0.6 is 0 Å². The van der Waals surface area contributed by atoms with Gasteiger partial charge in [0.2, 0.25) is 0 Å². The van der Waals surface area contributed by atoms with Crippen molar-refractivity contribution in [1.82, 2.24) is 0 Å². The van der Waals surface area contributed by atoms with E-state index in [4.69, 9.17) is 10.2 Å². The fraction of sp³-hybridized carbons (Fsp3) is 0.111. The SMILES string of the molecule is C/C(=C/C(=O)OC(=O)c1ccccc1C(=O)OC(=O)/C=C(/C)C(=O)O)C(=O)O. The van der Waals surface area contributed by atoms with Crippen LogP contribution in [0.15, 0.2) is 47.6 Å². The van der Waals surface area contributed by atoms with Crippen LogP contribution < -0.4 is 0 Å². The van der Waals surface area contributed by atoms with Crippen LogP contribution in [0, 0.1) is 0 Å². The fourth-order valence-corrected chi connectivity index (χ4v) is 1.67. The highest BCUT2D eigenvalue weighted by molar-refractivity contribution is 6.10. The standard InChI is InChI=1S/C18H14O10/c1-9(15(21)22)7-13(19)27-17(25)11-5-3-4-6-12(11)18(26)28-14(20)8-10(2)16(23)24/h3-8H,1-2H3,(H,21,22)(H,23,24)/b9-7-,10-8-. The van der Waals surface area contributed by atoms with Crippen molar-refractivity contribution in [2.75, 3.05) is 0 Å². The molecule has 0 aliphatic carbocycles. The number of ether oxygens (including phenoxy) is 2. The molecule has 0 unspecified atom stereocenters. The summed E-state index contributed by atoms with van der Waals surface area (Å²) >= 11 is 0. The summed E-state index contributed by atoms with van der Waals surface area (Å²) in [5.41, 5.74) is -1.60. The highest BCUT2D eigenvalue weighted by Crippen LogP contribution is 2.13. The van der Waals surface area contributed by atoms with Crippen LogP contribution in [0.25, 0.3) is 0 Å². The first-order valence-electron chi connectivity index (χ1n) is 7.47. The molecule has 0 radical (unpaired) electrons. The van der Waals surface area contributed by atoms with Crippen molar-refractivity contribution in [3.8, 4) is 0 Å². The topological polar surface area (TPSA) is 161 Å². The predicted molar refractivity (Wildman–Crippen MR) is 90.1 cm³/mol. The molecule has 0 saturated carbocycles. The molecule has 10 heteroatoms. The van der Waals surface area contributed by atoms with Gasteiger partial charge in [0.15, 0.2) is 0 Å². The van der Waals surface area contributed by atoms with Crippen molar-refractivity contribution in [2.45, 2.75) is 13.8 Å². The Morgan fingerprint density at radius 1 is 0.714 bits per heavy atom. The molecule has 1 rings (SSSR count). The lowest BCUT2D eigenvalue weighted by molar-refractivity contribution is -0.135. The van der Waals surface area contributed by atoms with E-state index in [1.54, 1.807) is 0 Å². The first kappa shape index (κ1) is 22.0. The predicted octanol–water partition coefficient (Wildman–Crippen LogP) is 1.12. The number of rotatable bonds is 6. The van der Waals surface area contributed by atoms with E-state index in [0.717, 1.165) is 26.0 Å². The molecular weight excluding hydrogens is 376 g/mol. The maximum Gasteiger partial charge on any atom is 0.346 e. The number of aliphatic carboxylic acids is 2. The molecule has 10 nitrogen and oxygen atoms in total. The van der Waals surface area contributed by atoms with E-state index in [1.807, 2.05) is 0 Å². The number of carbonyl (C=O) groups excluding carboxylic acids is 4. The van der Waals surface area contributed by atoms with E-state index in [2.05, 4.69) is 9.47 Å². The zero-order valence-electron chi connectivity index (χ0n) is 14.6. The van der Waals surface area contributed by atoms with Crippen molar-refractivity contribution in [2.24, 2.45) is 0 Å². The zero-order chi connectivity index (χ0) is 21.4. The molecule has 1 aromatic carbocycles. The smallest absolute Gasteiger partial charge is 0.346 e. The van der Waals surface area contributed by atoms with Crippen LogP contribution in [0.1, 0.15) is 34.6 Å². The average Bonchev–Trinajstić information content (AvgIpc) is 2.60. The van der Waals surface area contributed by atoms with Gasteiger partial charge >= 0.3 is 35.8 Å². The fourth-order valence-electron chi connectivity index (χ4n) is 1.67. The number of carbonyl (C=O) groups is 6. The maximum absolute atomic E-state index is 12.1. The van der Waals surface area contributed by atoms with Gasteiger partial charge in [-0.3, -0.25) is 0 Å². The summed E-state index contributed by atoms with van der Waals surface area (Å²) in [6.07, 6.45) is 1.15. The average molecular weight is 390 g/mol. The highest BCUT2D eigenvalue weighted by atomic mass is 16.6. The zero-order valence-corrected chi connectivity index (χ0v) is 14.6. The summed E-state index contributed by atoms with van der Waals surface area (Å²) in [7, 11) is 0. The van der Waals surface area contributed by atoms with Gasteiger partial charge in [-0.25, -0.2) is 28.8 Å². The van der Waals surface area contributed by atoms with E-state index in [0.29, 0.717) is 12.2 Å². The van der Waals surface area contributed by atoms with Gasteiger partial charge in [-0.1, -0.05) is 12.1 Å². The van der Waals surface area contributed by atoms with Crippen molar-refractivity contribution >= 4 is 35.8 Å². The molecule has 0 bridgehead atoms. The molecule has 0 heterocycles. The lowest BCUT2D eigenvalue weighted by atomic mass is 10.1. The van der Waals surface area contributed by atoms with Crippen LogP contribution in [0.2, 0.25) is 0 Å². The number of hydrogen-bond acceptors (Lipinski definition) is 8. The summed E-state index contributed by atoms with van der Waals surface area (Å²) in [6, 6.07) is 4.91. The Labute approximate surface area is 157 Å². The number of esters is 4. The molecule has 28 heavy (non-hydrogen) atoms. The highest BCUT2D eigenvalue weighted by Gasteiger charge is 2.22. The van der Waals surface area contributed by atoms with Gasteiger partial charge in [0.05, 0.1) is 11.1 Å². The lowest BCUT2D eigenvalue weighted by Crippen LogP contribution is -2.18. The van der Waals surface area contributed by atoms with E-state index in [1.165, 1.54) is 12.1 Å². The van der Waals surface area contributed by atoms with Crippen molar-refractivity contribution in [3.63, 3.8) is 0 Å². The summed E-state index contributed by atoms with van der Waals surface area (Å²) < 4.78 is 8.90. The summed E-state index contributed by atoms with van der Waals surface area (Å²) in [4.78, 5) is 68.6. The van der Waals surface area contributed by atoms with Crippen molar-refractivity contribution in [3.05, 3.63) is 58.7 Å². The second-order valence-corrected chi connectivity index (χ2v) is 5.23. The van der Waals surface area contributed by atoms with Crippen LogP contribution in [0.5, 0.6) is 0 Å². The van der Waals surface area contributed by atoms with Gasteiger partial charge in [-0.05, 0) is 26.0 Å². The van der Waals surface area contributed by atoms with Gasteiger partial charge in [0.1, 0.15) is 0 Å². The largest absolute Gasteiger partial charge is 0.478 e. The Kier molecular flexibility index (Phi) is 7.51. The lowest BCUT2D eigenvalue weighted by Gasteiger charge is -2.07. The van der Waals surface area contributed by atoms with E-state index >= 15 is 0 Å². The molecule has 0 amide bonds. The Hall–Kier alpha value is -4.08. The summed E-state index contributed by atoms with van der Waals surface area (Å²) in [5.74, 6) is -7.89. The second kappa shape index (κ2) is 9.57. The molecule has 146 valence electrons. The third-order valence-electron chi connectivity index (χ3n) is 3.10. The Morgan fingerprint density at radius 3 is 1.32 bits per heavy atom.